The molecular formula is C21H27IN4. The van der Waals surface area contributed by atoms with Crippen LogP contribution in [0.25, 0.3) is 0 Å². The summed E-state index contributed by atoms with van der Waals surface area (Å²) < 4.78 is 0. The van der Waals surface area contributed by atoms with Gasteiger partial charge in [0.2, 0.25) is 0 Å². The predicted octanol–water partition coefficient (Wildman–Crippen LogP) is 3.59. The Bertz CT molecular complexity index is 720. The highest BCUT2D eigenvalue weighted by Gasteiger charge is 2.08. The molecule has 26 heavy (non-hydrogen) atoms. The third kappa shape index (κ3) is 6.05. The Kier molecular flexibility index (Phi) is 8.47. The van der Waals surface area contributed by atoms with Crippen LogP contribution in [0.5, 0.6) is 0 Å². The molecule has 0 fully saturated rings. The van der Waals surface area contributed by atoms with Gasteiger partial charge in [0.15, 0.2) is 5.96 Å². The topological polar surface area (TPSA) is 39.7 Å². The monoisotopic (exact) mass is 462 g/mol. The Morgan fingerprint density at radius 2 is 1.69 bits per heavy atom. The summed E-state index contributed by atoms with van der Waals surface area (Å²) >= 11 is 0. The molecule has 2 aromatic rings. The largest absolute Gasteiger partial charge is 0.364 e. The summed E-state index contributed by atoms with van der Waals surface area (Å²) in [5, 5.41) is 6.77. The molecule has 138 valence electrons. The highest BCUT2D eigenvalue weighted by atomic mass is 127. The molecule has 1 aliphatic heterocycles. The number of rotatable bonds is 6. The van der Waals surface area contributed by atoms with E-state index in [9.17, 15) is 0 Å². The van der Waals surface area contributed by atoms with Crippen molar-refractivity contribution in [2.24, 2.45) is 4.99 Å². The number of aliphatic imine (C=N–C) groups is 1. The van der Waals surface area contributed by atoms with Crippen LogP contribution in [0.4, 0.5) is 5.69 Å². The Balaban J connectivity index is 0.00000243. The minimum atomic E-state index is 0. The van der Waals surface area contributed by atoms with Crippen LogP contribution in [-0.2, 0) is 13.0 Å². The van der Waals surface area contributed by atoms with Crippen molar-refractivity contribution in [2.45, 2.75) is 13.0 Å². The Morgan fingerprint density at radius 3 is 2.42 bits per heavy atom. The van der Waals surface area contributed by atoms with Gasteiger partial charge in [-0.3, -0.25) is 4.99 Å². The molecule has 5 heteroatoms. The highest BCUT2D eigenvalue weighted by Crippen LogP contribution is 2.18. The molecule has 0 spiro atoms. The van der Waals surface area contributed by atoms with Crippen LogP contribution in [0.2, 0.25) is 0 Å². The number of hydrogen-bond donors (Lipinski definition) is 2. The van der Waals surface area contributed by atoms with Gasteiger partial charge in [0, 0.05) is 38.9 Å². The molecule has 4 nitrogen and oxygen atoms in total. The lowest BCUT2D eigenvalue weighted by molar-refractivity contribution is 0.794. The quantitative estimate of drug-likeness (QED) is 0.299. The summed E-state index contributed by atoms with van der Waals surface area (Å²) in [6, 6.07) is 19.2. The molecule has 0 bridgehead atoms. The first-order valence-electron chi connectivity index (χ1n) is 8.82. The van der Waals surface area contributed by atoms with Gasteiger partial charge in [-0.15, -0.1) is 24.0 Å². The van der Waals surface area contributed by atoms with E-state index in [2.05, 4.69) is 81.2 Å². The summed E-state index contributed by atoms with van der Waals surface area (Å²) in [6.45, 7) is 3.63. The number of nitrogens with one attached hydrogen (secondary N) is 2. The molecule has 0 atom stereocenters. The van der Waals surface area contributed by atoms with Crippen LogP contribution in [0.1, 0.15) is 11.1 Å². The lowest BCUT2D eigenvalue weighted by Gasteiger charge is -2.19. The van der Waals surface area contributed by atoms with E-state index < -0.39 is 0 Å². The highest BCUT2D eigenvalue weighted by molar-refractivity contribution is 14.0. The van der Waals surface area contributed by atoms with Gasteiger partial charge < -0.3 is 15.5 Å². The van der Waals surface area contributed by atoms with Gasteiger partial charge >= 0.3 is 0 Å². The van der Waals surface area contributed by atoms with Gasteiger partial charge in [-0.25, -0.2) is 0 Å². The Morgan fingerprint density at radius 1 is 0.962 bits per heavy atom. The fourth-order valence-corrected chi connectivity index (χ4v) is 2.93. The van der Waals surface area contributed by atoms with Crippen molar-refractivity contribution in [2.75, 3.05) is 31.6 Å². The summed E-state index contributed by atoms with van der Waals surface area (Å²) in [5.41, 5.74) is 3.86. The average Bonchev–Trinajstić information content (AvgIpc) is 3.20. The molecule has 0 unspecified atom stereocenters. The summed E-state index contributed by atoms with van der Waals surface area (Å²) in [7, 11) is 1.81. The number of hydrogen-bond acceptors (Lipinski definition) is 2. The van der Waals surface area contributed by atoms with E-state index in [1.165, 1.54) is 16.8 Å². The van der Waals surface area contributed by atoms with Crippen LogP contribution in [-0.4, -0.2) is 32.6 Å². The number of halogens is 1. The predicted molar refractivity (Wildman–Crippen MR) is 122 cm³/mol. The SMILES string of the molecule is CN=C(NCCc1ccccc1)NCc1cccc(N2CC=CC2)c1.I. The van der Waals surface area contributed by atoms with Crippen LogP contribution in [0.15, 0.2) is 71.7 Å². The van der Waals surface area contributed by atoms with E-state index in [1.54, 1.807) is 0 Å². The zero-order valence-corrected chi connectivity index (χ0v) is 17.5. The summed E-state index contributed by atoms with van der Waals surface area (Å²) in [4.78, 5) is 6.67. The normalized spacial score (nSPS) is 13.4. The number of guanidine groups is 1. The van der Waals surface area contributed by atoms with Crippen LogP contribution in [0, 0.1) is 0 Å². The maximum atomic E-state index is 4.31. The van der Waals surface area contributed by atoms with Crippen LogP contribution >= 0.6 is 24.0 Å². The first kappa shape index (κ1) is 20.3. The van der Waals surface area contributed by atoms with Gasteiger partial charge in [-0.05, 0) is 29.7 Å². The minimum absolute atomic E-state index is 0. The van der Waals surface area contributed by atoms with Crippen molar-refractivity contribution in [1.82, 2.24) is 10.6 Å². The summed E-state index contributed by atoms with van der Waals surface area (Å²) in [6.07, 6.45) is 5.41. The van der Waals surface area contributed by atoms with Crippen molar-refractivity contribution in [1.29, 1.82) is 0 Å². The van der Waals surface area contributed by atoms with E-state index in [0.29, 0.717) is 0 Å². The van der Waals surface area contributed by atoms with E-state index in [4.69, 9.17) is 0 Å². The van der Waals surface area contributed by atoms with Crippen molar-refractivity contribution in [3.63, 3.8) is 0 Å². The van der Waals surface area contributed by atoms with Gasteiger partial charge in [-0.1, -0.05) is 54.6 Å². The molecule has 1 aliphatic rings. The van der Waals surface area contributed by atoms with Crippen molar-refractivity contribution in [3.8, 4) is 0 Å². The lowest BCUT2D eigenvalue weighted by atomic mass is 10.1. The van der Waals surface area contributed by atoms with Gasteiger partial charge in [0.25, 0.3) is 0 Å². The molecule has 0 aromatic heterocycles. The van der Waals surface area contributed by atoms with Gasteiger partial charge in [-0.2, -0.15) is 0 Å². The molecule has 0 saturated heterocycles. The van der Waals surface area contributed by atoms with Crippen molar-refractivity contribution < 1.29 is 0 Å². The molecule has 0 amide bonds. The molecule has 1 heterocycles. The molecule has 0 radical (unpaired) electrons. The minimum Gasteiger partial charge on any atom is -0.364 e. The van der Waals surface area contributed by atoms with Crippen LogP contribution < -0.4 is 15.5 Å². The van der Waals surface area contributed by atoms with Crippen LogP contribution in [0.3, 0.4) is 0 Å². The summed E-state index contributed by atoms with van der Waals surface area (Å²) in [5.74, 6) is 0.837. The standard InChI is InChI=1S/C21H26N4.HI/c1-22-21(23-13-12-18-8-3-2-4-9-18)24-17-19-10-7-11-20(16-19)25-14-5-6-15-25;/h2-11,16H,12-15,17H2,1H3,(H2,22,23,24);1H. The molecule has 0 saturated carbocycles. The van der Waals surface area contributed by atoms with E-state index in [-0.39, 0.29) is 24.0 Å². The smallest absolute Gasteiger partial charge is 0.191 e. The third-order valence-electron chi connectivity index (χ3n) is 4.33. The number of benzene rings is 2. The van der Waals surface area contributed by atoms with Crippen molar-refractivity contribution >= 4 is 35.6 Å². The van der Waals surface area contributed by atoms with Gasteiger partial charge in [0.1, 0.15) is 0 Å². The fraction of sp³-hybridized carbons (Fsp3) is 0.286. The molecule has 2 aromatic carbocycles. The maximum absolute atomic E-state index is 4.31. The molecule has 2 N–H and O–H groups in total. The van der Waals surface area contributed by atoms with Gasteiger partial charge in [0.05, 0.1) is 0 Å². The second-order valence-electron chi connectivity index (χ2n) is 6.13. The van der Waals surface area contributed by atoms with E-state index in [1.807, 2.05) is 13.1 Å². The average molecular weight is 462 g/mol. The number of nitrogens with zero attached hydrogens (tertiary/aromatic N) is 2. The Hall–Kier alpha value is -2.02. The second kappa shape index (κ2) is 10.9. The zero-order chi connectivity index (χ0) is 17.3. The lowest BCUT2D eigenvalue weighted by Crippen LogP contribution is -2.37. The second-order valence-corrected chi connectivity index (χ2v) is 6.13. The molecule has 3 rings (SSSR count). The Labute approximate surface area is 173 Å². The zero-order valence-electron chi connectivity index (χ0n) is 15.2. The first-order chi connectivity index (χ1) is 12.3. The number of anilines is 1. The first-order valence-corrected chi connectivity index (χ1v) is 8.82. The van der Waals surface area contributed by atoms with E-state index >= 15 is 0 Å². The third-order valence-corrected chi connectivity index (χ3v) is 4.33. The van der Waals surface area contributed by atoms with Crippen molar-refractivity contribution in [3.05, 3.63) is 77.9 Å². The molecular weight excluding hydrogens is 435 g/mol. The van der Waals surface area contributed by atoms with E-state index in [0.717, 1.165) is 38.6 Å². The molecule has 0 aliphatic carbocycles. The maximum Gasteiger partial charge on any atom is 0.191 e. The fourth-order valence-electron chi connectivity index (χ4n) is 2.93.